The Bertz CT molecular complexity index is 504. The maximum Gasteiger partial charge on any atom is 0.225 e. The van der Waals surface area contributed by atoms with Crippen LogP contribution in [0.3, 0.4) is 0 Å². The first-order chi connectivity index (χ1) is 9.63. The summed E-state index contributed by atoms with van der Waals surface area (Å²) in [4.78, 5) is 18.4. The second-order valence-electron chi connectivity index (χ2n) is 5.78. The molecule has 108 valence electrons. The Morgan fingerprint density at radius 1 is 1.45 bits per heavy atom. The van der Waals surface area contributed by atoms with Gasteiger partial charge in [0, 0.05) is 29.6 Å². The predicted molar refractivity (Wildman–Crippen MR) is 79.4 cm³/mol. The molecule has 2 atom stereocenters. The molecule has 0 N–H and O–H groups in total. The van der Waals surface area contributed by atoms with Crippen LogP contribution in [-0.4, -0.2) is 35.0 Å². The molecule has 1 saturated heterocycles. The van der Waals surface area contributed by atoms with Crippen LogP contribution >= 0.6 is 15.9 Å². The summed E-state index contributed by atoms with van der Waals surface area (Å²) in [5.74, 6) is 1.86. The Labute approximate surface area is 127 Å². The fourth-order valence-corrected chi connectivity index (χ4v) is 3.10. The number of rotatable bonds is 4. The lowest BCUT2D eigenvalue weighted by Gasteiger charge is -2.21. The van der Waals surface area contributed by atoms with Gasteiger partial charge in [0.1, 0.15) is 11.9 Å². The van der Waals surface area contributed by atoms with Crippen molar-refractivity contribution in [3.8, 4) is 5.75 Å². The first kappa shape index (κ1) is 13.9. The van der Waals surface area contributed by atoms with Crippen LogP contribution in [0.15, 0.2) is 22.9 Å². The van der Waals surface area contributed by atoms with Crippen molar-refractivity contribution in [3.05, 3.63) is 22.9 Å². The maximum atomic E-state index is 12.3. The summed E-state index contributed by atoms with van der Waals surface area (Å²) in [6.45, 7) is 3.57. The molecule has 2 aliphatic rings. The average molecular weight is 339 g/mol. The molecule has 1 aliphatic carbocycles. The average Bonchev–Trinajstić information content (AvgIpc) is 3.18. The number of nitrogens with zero attached hydrogens (tertiary/aromatic N) is 2. The molecule has 0 radical (unpaired) electrons. The Balaban J connectivity index is 1.55. The number of amides is 1. The number of halogens is 1. The molecule has 0 spiro atoms. The molecule has 4 nitrogen and oxygen atoms in total. The Hall–Kier alpha value is -1.10. The molecule has 2 heterocycles. The van der Waals surface area contributed by atoms with Crippen molar-refractivity contribution in [1.29, 1.82) is 0 Å². The monoisotopic (exact) mass is 338 g/mol. The summed E-state index contributed by atoms with van der Waals surface area (Å²) in [5, 5.41) is 0. The number of carbonyl (C=O) groups is 1. The van der Waals surface area contributed by atoms with Crippen LogP contribution in [0.2, 0.25) is 0 Å². The van der Waals surface area contributed by atoms with E-state index in [1.54, 1.807) is 12.4 Å². The number of ether oxygens (including phenoxy) is 1. The molecule has 1 saturated carbocycles. The van der Waals surface area contributed by atoms with E-state index in [4.69, 9.17) is 4.74 Å². The Morgan fingerprint density at radius 3 is 2.95 bits per heavy atom. The van der Waals surface area contributed by atoms with E-state index in [1.165, 1.54) is 12.8 Å². The molecule has 0 bridgehead atoms. The van der Waals surface area contributed by atoms with E-state index < -0.39 is 0 Å². The van der Waals surface area contributed by atoms with E-state index in [0.717, 1.165) is 23.2 Å². The van der Waals surface area contributed by atoms with Crippen LogP contribution in [0.5, 0.6) is 5.75 Å². The van der Waals surface area contributed by atoms with E-state index in [9.17, 15) is 4.79 Å². The summed E-state index contributed by atoms with van der Waals surface area (Å²) in [5.41, 5.74) is 0. The van der Waals surface area contributed by atoms with Gasteiger partial charge in [-0.25, -0.2) is 0 Å². The molecule has 0 unspecified atom stereocenters. The molecule has 1 aliphatic heterocycles. The molecule has 5 heteroatoms. The van der Waals surface area contributed by atoms with Gasteiger partial charge in [0.2, 0.25) is 5.91 Å². The van der Waals surface area contributed by atoms with E-state index in [2.05, 4.69) is 27.8 Å². The topological polar surface area (TPSA) is 42.4 Å². The number of aromatic nitrogens is 1. The zero-order valence-corrected chi connectivity index (χ0v) is 13.2. The summed E-state index contributed by atoms with van der Waals surface area (Å²) in [6, 6.07) is 1.91. The van der Waals surface area contributed by atoms with E-state index in [1.807, 2.05) is 11.0 Å². The highest BCUT2D eigenvalue weighted by atomic mass is 79.9. The van der Waals surface area contributed by atoms with Gasteiger partial charge in [-0.15, -0.1) is 0 Å². The van der Waals surface area contributed by atoms with E-state index in [0.29, 0.717) is 18.4 Å². The third-order valence-electron chi connectivity index (χ3n) is 4.16. The van der Waals surface area contributed by atoms with E-state index >= 15 is 0 Å². The molecular weight excluding hydrogens is 320 g/mol. The lowest BCUT2D eigenvalue weighted by molar-refractivity contribution is -0.134. The zero-order valence-electron chi connectivity index (χ0n) is 11.6. The first-order valence-electron chi connectivity index (χ1n) is 7.19. The number of pyridine rings is 1. The van der Waals surface area contributed by atoms with Gasteiger partial charge in [0.25, 0.3) is 0 Å². The SMILES string of the molecule is C[C@@H](C(=O)N1CC[C@H](Oc2cncc(Br)c2)C1)C1CC1. The Morgan fingerprint density at radius 2 is 2.25 bits per heavy atom. The standard InChI is InChI=1S/C15H19BrN2O2/c1-10(11-2-3-11)15(19)18-5-4-13(9-18)20-14-6-12(16)7-17-8-14/h6-8,10-11,13H,2-5,9H2,1H3/t10-,13+/m1/s1. The second kappa shape index (κ2) is 5.72. The van der Waals surface area contributed by atoms with Gasteiger partial charge < -0.3 is 9.64 Å². The minimum absolute atomic E-state index is 0.0847. The van der Waals surface area contributed by atoms with Gasteiger partial charge >= 0.3 is 0 Å². The molecule has 1 aromatic heterocycles. The van der Waals surface area contributed by atoms with Crippen LogP contribution in [0, 0.1) is 11.8 Å². The van der Waals surface area contributed by atoms with Crippen LogP contribution < -0.4 is 4.74 Å². The fourth-order valence-electron chi connectivity index (χ4n) is 2.76. The minimum Gasteiger partial charge on any atom is -0.487 e. The lowest BCUT2D eigenvalue weighted by atomic mass is 10.1. The first-order valence-corrected chi connectivity index (χ1v) is 7.99. The molecule has 1 amide bonds. The number of carbonyl (C=O) groups excluding carboxylic acids is 1. The molecule has 3 rings (SSSR count). The highest BCUT2D eigenvalue weighted by Gasteiger charge is 2.37. The highest BCUT2D eigenvalue weighted by molar-refractivity contribution is 9.10. The number of hydrogen-bond acceptors (Lipinski definition) is 3. The van der Waals surface area contributed by atoms with Crippen LogP contribution in [0.4, 0.5) is 0 Å². The van der Waals surface area contributed by atoms with E-state index in [-0.39, 0.29) is 12.0 Å². The summed E-state index contributed by atoms with van der Waals surface area (Å²) < 4.78 is 6.81. The molecule has 1 aromatic rings. The maximum absolute atomic E-state index is 12.3. The quantitative estimate of drug-likeness (QED) is 0.847. The van der Waals surface area contributed by atoms with Crippen molar-refractivity contribution < 1.29 is 9.53 Å². The molecular formula is C15H19BrN2O2. The van der Waals surface area contributed by atoms with Gasteiger partial charge in [0.15, 0.2) is 0 Å². The number of likely N-dealkylation sites (tertiary alicyclic amines) is 1. The summed E-state index contributed by atoms with van der Waals surface area (Å²) in [7, 11) is 0. The van der Waals surface area contributed by atoms with Gasteiger partial charge in [-0.1, -0.05) is 6.92 Å². The summed E-state index contributed by atoms with van der Waals surface area (Å²) >= 11 is 3.38. The second-order valence-corrected chi connectivity index (χ2v) is 6.69. The normalized spacial score (nSPS) is 23.7. The molecule has 0 aromatic carbocycles. The largest absolute Gasteiger partial charge is 0.487 e. The van der Waals surface area contributed by atoms with Crippen LogP contribution in [0.25, 0.3) is 0 Å². The third kappa shape index (κ3) is 3.14. The smallest absolute Gasteiger partial charge is 0.225 e. The van der Waals surface area contributed by atoms with Gasteiger partial charge in [-0.05, 0) is 40.8 Å². The Kier molecular flexibility index (Phi) is 3.96. The van der Waals surface area contributed by atoms with Gasteiger partial charge in [0.05, 0.1) is 12.7 Å². The molecule has 20 heavy (non-hydrogen) atoms. The predicted octanol–water partition coefficient (Wildman–Crippen LogP) is 2.87. The fraction of sp³-hybridized carbons (Fsp3) is 0.600. The van der Waals surface area contributed by atoms with Crippen molar-refractivity contribution in [2.24, 2.45) is 11.8 Å². The number of hydrogen-bond donors (Lipinski definition) is 0. The van der Waals surface area contributed by atoms with Crippen LogP contribution in [0.1, 0.15) is 26.2 Å². The van der Waals surface area contributed by atoms with Crippen molar-refractivity contribution in [2.45, 2.75) is 32.3 Å². The van der Waals surface area contributed by atoms with Crippen molar-refractivity contribution in [2.75, 3.05) is 13.1 Å². The van der Waals surface area contributed by atoms with Crippen LogP contribution in [-0.2, 0) is 4.79 Å². The zero-order chi connectivity index (χ0) is 14.1. The molecule has 2 fully saturated rings. The summed E-state index contributed by atoms with van der Waals surface area (Å²) in [6.07, 6.45) is 6.85. The van der Waals surface area contributed by atoms with Gasteiger partial charge in [-0.3, -0.25) is 9.78 Å². The third-order valence-corrected chi connectivity index (χ3v) is 4.59. The van der Waals surface area contributed by atoms with Crippen molar-refractivity contribution in [1.82, 2.24) is 9.88 Å². The minimum atomic E-state index is 0.0847. The van der Waals surface area contributed by atoms with Crippen molar-refractivity contribution >= 4 is 21.8 Å². The lowest BCUT2D eigenvalue weighted by Crippen LogP contribution is -2.35. The highest BCUT2D eigenvalue weighted by Crippen LogP contribution is 2.37. The van der Waals surface area contributed by atoms with Gasteiger partial charge in [-0.2, -0.15) is 0 Å². The van der Waals surface area contributed by atoms with Crippen molar-refractivity contribution in [3.63, 3.8) is 0 Å².